The normalized spacial score (nSPS) is 12.6. The zero-order valence-electron chi connectivity index (χ0n) is 17.2. The monoisotopic (exact) mass is 532 g/mol. The molecule has 3 N–H and O–H groups in total. The number of carboxylic acids is 1. The molecule has 11 heteroatoms. The van der Waals surface area contributed by atoms with Crippen LogP contribution in [0.15, 0.2) is 59.5 Å². The predicted molar refractivity (Wildman–Crippen MR) is 122 cm³/mol. The van der Waals surface area contributed by atoms with Crippen LogP contribution in [0.1, 0.15) is 20.8 Å². The summed E-state index contributed by atoms with van der Waals surface area (Å²) in [6.07, 6.45) is -0.802. The Morgan fingerprint density at radius 1 is 1.10 bits per heavy atom. The average molecular weight is 532 g/mol. The summed E-state index contributed by atoms with van der Waals surface area (Å²) < 4.78 is 33.7. The fraction of sp³-hybridized carbons (Fsp3) is 0.300. The number of para-hydroxylation sites is 1. The molecule has 0 saturated heterocycles. The molecule has 2 rings (SSSR count). The molecule has 0 saturated carbocycles. The van der Waals surface area contributed by atoms with Gasteiger partial charge in [0.1, 0.15) is 0 Å². The van der Waals surface area contributed by atoms with Crippen LogP contribution in [0, 0.1) is 0 Å². The van der Waals surface area contributed by atoms with Crippen LogP contribution in [0.5, 0.6) is 0 Å². The van der Waals surface area contributed by atoms with E-state index in [0.29, 0.717) is 5.69 Å². The number of anilines is 1. The van der Waals surface area contributed by atoms with E-state index in [-0.39, 0.29) is 24.5 Å². The summed E-state index contributed by atoms with van der Waals surface area (Å²) in [5.41, 5.74) is -0.301. The van der Waals surface area contributed by atoms with Crippen LogP contribution in [-0.4, -0.2) is 56.8 Å². The number of sulfonamides is 1. The molecule has 168 valence electrons. The minimum atomic E-state index is -3.74. The quantitative estimate of drug-likeness (QED) is 0.425. The minimum absolute atomic E-state index is 0.106. The molecule has 0 aliphatic heterocycles. The molecule has 2 aromatic carbocycles. The van der Waals surface area contributed by atoms with Crippen molar-refractivity contribution in [2.24, 2.45) is 0 Å². The molecule has 1 atom stereocenters. The van der Waals surface area contributed by atoms with Gasteiger partial charge in [0.2, 0.25) is 0 Å². The molecule has 0 aliphatic carbocycles. The predicted octanol–water partition coefficient (Wildman–Crippen LogP) is 2.44. The molecule has 31 heavy (non-hydrogen) atoms. The van der Waals surface area contributed by atoms with E-state index in [9.17, 15) is 23.1 Å². The first-order valence-electron chi connectivity index (χ1n) is 9.16. The van der Waals surface area contributed by atoms with Crippen LogP contribution < -0.4 is 14.5 Å². The van der Waals surface area contributed by atoms with Crippen LogP contribution in [-0.2, 0) is 19.6 Å². The SMILES string of the molecule is CC(C)(C)OC(=O)N[C@@H](CS[Se]c1ccccc1NS(=O)(=O)c1ccccc1)C(=O)O. The first kappa shape index (κ1) is 25.1. The number of benzene rings is 2. The number of carbonyl (C=O) groups excluding carboxylic acids is 1. The molecule has 0 spiro atoms. The van der Waals surface area contributed by atoms with Gasteiger partial charge in [-0.2, -0.15) is 0 Å². The maximum absolute atomic E-state index is 12.6. The Labute approximate surface area is 191 Å². The molecule has 2 aromatic rings. The number of carboxylic acid groups (broad SMARTS) is 1. The molecular weight excluding hydrogens is 507 g/mol. The van der Waals surface area contributed by atoms with E-state index in [1.165, 1.54) is 22.3 Å². The number of ether oxygens (including phenoxy) is 1. The van der Waals surface area contributed by atoms with E-state index in [0.717, 1.165) is 4.46 Å². The molecule has 0 fully saturated rings. The Balaban J connectivity index is 2.02. The zero-order chi connectivity index (χ0) is 23.1. The van der Waals surface area contributed by atoms with Gasteiger partial charge in [0.05, 0.1) is 0 Å². The number of aliphatic carboxylic acids is 1. The van der Waals surface area contributed by atoms with Gasteiger partial charge in [-0.25, -0.2) is 0 Å². The van der Waals surface area contributed by atoms with Gasteiger partial charge in [-0.1, -0.05) is 0 Å². The molecule has 0 bridgehead atoms. The molecule has 8 nitrogen and oxygen atoms in total. The Bertz CT molecular complexity index is 1010. The molecule has 1 amide bonds. The number of amides is 1. The third-order valence-electron chi connectivity index (χ3n) is 3.56. The van der Waals surface area contributed by atoms with Gasteiger partial charge in [0.25, 0.3) is 0 Å². The summed E-state index contributed by atoms with van der Waals surface area (Å²) in [5, 5.41) is 11.7. The Hall–Kier alpha value is -2.20. The van der Waals surface area contributed by atoms with E-state index >= 15 is 0 Å². The Kier molecular flexibility index (Phi) is 8.81. The second kappa shape index (κ2) is 10.9. The van der Waals surface area contributed by atoms with Crippen LogP contribution in [0.25, 0.3) is 0 Å². The number of rotatable bonds is 9. The molecule has 0 aromatic heterocycles. The first-order chi connectivity index (χ1) is 14.5. The van der Waals surface area contributed by atoms with Crippen molar-refractivity contribution >= 4 is 56.3 Å². The van der Waals surface area contributed by atoms with Crippen molar-refractivity contribution in [3.8, 4) is 0 Å². The second-order valence-electron chi connectivity index (χ2n) is 7.32. The topological polar surface area (TPSA) is 122 Å². The summed E-state index contributed by atoms with van der Waals surface area (Å²) >= 11 is -0.306. The fourth-order valence-corrected chi connectivity index (χ4v) is 7.58. The van der Waals surface area contributed by atoms with E-state index in [4.69, 9.17) is 4.74 Å². The van der Waals surface area contributed by atoms with Gasteiger partial charge in [-0.05, 0) is 0 Å². The Morgan fingerprint density at radius 2 is 1.71 bits per heavy atom. The van der Waals surface area contributed by atoms with Gasteiger partial charge in [-0.15, -0.1) is 0 Å². The summed E-state index contributed by atoms with van der Waals surface area (Å²) in [7, 11) is -2.43. The zero-order valence-corrected chi connectivity index (χ0v) is 20.5. The van der Waals surface area contributed by atoms with Crippen LogP contribution >= 0.6 is 10.2 Å². The number of nitrogens with one attached hydrogen (secondary N) is 2. The summed E-state index contributed by atoms with van der Waals surface area (Å²) in [6.45, 7) is 5.06. The third kappa shape index (κ3) is 8.45. The van der Waals surface area contributed by atoms with Gasteiger partial charge >= 0.3 is 192 Å². The van der Waals surface area contributed by atoms with Gasteiger partial charge in [0.15, 0.2) is 0 Å². The fourth-order valence-electron chi connectivity index (χ4n) is 2.22. The summed E-state index contributed by atoms with van der Waals surface area (Å²) in [4.78, 5) is 23.5. The van der Waals surface area contributed by atoms with E-state index in [1.807, 2.05) is 0 Å². The number of hydrogen-bond acceptors (Lipinski definition) is 6. The van der Waals surface area contributed by atoms with Crippen molar-refractivity contribution in [3.63, 3.8) is 0 Å². The van der Waals surface area contributed by atoms with Crippen molar-refractivity contribution in [1.82, 2.24) is 5.32 Å². The molecule has 0 radical (unpaired) electrons. The van der Waals surface area contributed by atoms with E-state index < -0.39 is 33.7 Å². The van der Waals surface area contributed by atoms with Crippen molar-refractivity contribution in [1.29, 1.82) is 0 Å². The number of hydrogen-bond donors (Lipinski definition) is 3. The Morgan fingerprint density at radius 3 is 2.32 bits per heavy atom. The van der Waals surface area contributed by atoms with E-state index in [1.54, 1.807) is 63.2 Å². The van der Waals surface area contributed by atoms with Gasteiger partial charge in [0, 0.05) is 0 Å². The molecule has 0 unspecified atom stereocenters. The summed E-state index contributed by atoms with van der Waals surface area (Å²) in [6, 6.07) is 13.8. The van der Waals surface area contributed by atoms with Crippen molar-refractivity contribution in [2.75, 3.05) is 10.5 Å². The van der Waals surface area contributed by atoms with Crippen molar-refractivity contribution < 1.29 is 27.9 Å². The van der Waals surface area contributed by atoms with E-state index in [2.05, 4.69) is 10.0 Å². The van der Waals surface area contributed by atoms with Crippen LogP contribution in [0.2, 0.25) is 0 Å². The first-order valence-corrected chi connectivity index (χ1v) is 14.5. The number of alkyl carbamates (subject to hydrolysis) is 1. The number of carbonyl (C=O) groups is 2. The van der Waals surface area contributed by atoms with Crippen molar-refractivity contribution in [3.05, 3.63) is 54.6 Å². The third-order valence-corrected chi connectivity index (χ3v) is 9.18. The van der Waals surface area contributed by atoms with Gasteiger partial charge < -0.3 is 0 Å². The molecular formula is C20H24N2O6S2Se. The standard InChI is InChI=1S/C20H24N2O6S2Se/c1-20(2,3)28-19(25)21-16(18(23)24)13-29-31-17-12-8-7-11-15(17)22-30(26,27)14-9-5-4-6-10-14/h4-12,16,22H,13H2,1-3H3,(H,21,25)(H,23,24)/t16-/m0/s1. The molecule has 0 heterocycles. The average Bonchev–Trinajstić information content (AvgIpc) is 2.67. The second-order valence-corrected chi connectivity index (χ2v) is 13.2. The van der Waals surface area contributed by atoms with Crippen LogP contribution in [0.4, 0.5) is 10.5 Å². The summed E-state index contributed by atoms with van der Waals surface area (Å²) in [5.74, 6) is -1.07. The maximum atomic E-state index is 12.6. The van der Waals surface area contributed by atoms with Gasteiger partial charge in [-0.3, -0.25) is 0 Å². The van der Waals surface area contributed by atoms with Crippen LogP contribution in [0.3, 0.4) is 0 Å². The molecule has 0 aliphatic rings. The van der Waals surface area contributed by atoms with Crippen molar-refractivity contribution in [2.45, 2.75) is 37.3 Å².